The Morgan fingerprint density at radius 3 is 1.80 bits per heavy atom. The molecule has 8 N–H and O–H groups in total. The Morgan fingerprint density at radius 2 is 1.50 bits per heavy atom. The molecule has 1 fully saturated rings. The van der Waals surface area contributed by atoms with Crippen molar-refractivity contribution in [2.45, 2.75) is 24.4 Å². The normalized spacial score (nSPS) is 28.8. The number of aliphatic hydroxyl groups is 5. The largest absolute Gasteiger partial charge is 0.479 e. The third-order valence-corrected chi connectivity index (χ3v) is 2.68. The first-order chi connectivity index (χ1) is 9.22. The van der Waals surface area contributed by atoms with Gasteiger partial charge >= 0.3 is 11.9 Å². The molecule has 0 aromatic carbocycles. The molecule has 0 radical (unpaired) electrons. The highest BCUT2D eigenvalue weighted by molar-refractivity contribution is 5.83. The van der Waals surface area contributed by atoms with Crippen LogP contribution < -0.4 is 5.32 Å². The van der Waals surface area contributed by atoms with Crippen LogP contribution >= 0.6 is 0 Å². The molecule has 0 aromatic rings. The van der Waals surface area contributed by atoms with E-state index >= 15 is 0 Å². The van der Waals surface area contributed by atoms with Crippen LogP contribution in [0.15, 0.2) is 0 Å². The molecule has 118 valence electrons. The quantitative estimate of drug-likeness (QED) is 0.252. The van der Waals surface area contributed by atoms with Gasteiger partial charge in [-0.05, 0) is 0 Å². The lowest BCUT2D eigenvalue weighted by atomic mass is 9.95. The van der Waals surface area contributed by atoms with Crippen LogP contribution in [-0.4, -0.2) is 91.8 Å². The minimum absolute atomic E-state index is 0.0781. The van der Waals surface area contributed by atoms with E-state index in [2.05, 4.69) is 5.32 Å². The topological polar surface area (TPSA) is 188 Å². The first kappa shape index (κ1) is 18.7. The summed E-state index contributed by atoms with van der Waals surface area (Å²) in [5.74, 6) is -3.76. The first-order valence-corrected chi connectivity index (χ1v) is 5.71. The zero-order valence-corrected chi connectivity index (χ0v) is 10.5. The Hall–Kier alpha value is -1.30. The number of carbonyl (C=O) groups is 2. The third-order valence-electron chi connectivity index (χ3n) is 2.68. The van der Waals surface area contributed by atoms with Gasteiger partial charge in [0.25, 0.3) is 0 Å². The van der Waals surface area contributed by atoms with E-state index < -0.39 is 36.4 Å². The second-order valence-corrected chi connectivity index (χ2v) is 4.22. The predicted octanol–water partition coefficient (Wildman–Crippen LogP) is -4.20. The van der Waals surface area contributed by atoms with Crippen LogP contribution in [0.25, 0.3) is 0 Å². The van der Waals surface area contributed by atoms with Crippen LogP contribution in [0.4, 0.5) is 0 Å². The van der Waals surface area contributed by atoms with Gasteiger partial charge in [0, 0.05) is 25.6 Å². The van der Waals surface area contributed by atoms with Gasteiger partial charge in [-0.15, -0.1) is 0 Å². The molecule has 10 nitrogen and oxygen atoms in total. The molecule has 0 aromatic heterocycles. The Balaban J connectivity index is 0.000000361. The highest BCUT2D eigenvalue weighted by Gasteiger charge is 2.30. The Bertz CT molecular complexity index is 306. The van der Waals surface area contributed by atoms with Crippen LogP contribution in [0, 0.1) is 5.92 Å². The molecule has 0 amide bonds. The molecule has 10 heteroatoms. The molecule has 0 aliphatic carbocycles. The van der Waals surface area contributed by atoms with Crippen molar-refractivity contribution in [2.24, 2.45) is 5.92 Å². The molecular weight excluding hydrogens is 278 g/mol. The van der Waals surface area contributed by atoms with Crippen molar-refractivity contribution in [1.29, 1.82) is 0 Å². The second kappa shape index (κ2) is 8.79. The Morgan fingerprint density at radius 1 is 1.05 bits per heavy atom. The number of aliphatic carboxylic acids is 2. The van der Waals surface area contributed by atoms with Crippen molar-refractivity contribution in [1.82, 2.24) is 5.32 Å². The minimum atomic E-state index is -2.27. The summed E-state index contributed by atoms with van der Waals surface area (Å²) in [6, 6.07) is 0. The Kier molecular flexibility index (Phi) is 8.22. The summed E-state index contributed by atoms with van der Waals surface area (Å²) in [7, 11) is 0. The van der Waals surface area contributed by atoms with Gasteiger partial charge < -0.3 is 41.1 Å². The van der Waals surface area contributed by atoms with Crippen molar-refractivity contribution in [3.63, 3.8) is 0 Å². The Labute approximate surface area is 113 Å². The van der Waals surface area contributed by atoms with E-state index in [4.69, 9.17) is 30.6 Å². The van der Waals surface area contributed by atoms with Crippen LogP contribution in [-0.2, 0) is 9.59 Å². The molecule has 1 aliphatic rings. The van der Waals surface area contributed by atoms with E-state index in [1.54, 1.807) is 0 Å². The van der Waals surface area contributed by atoms with Crippen molar-refractivity contribution >= 4 is 11.9 Å². The average molecular weight is 297 g/mol. The molecule has 0 saturated carbocycles. The number of β-amino-alcohol motifs (C(OH)–C–C–N with tert-alkyl or cyclic N) is 1. The molecule has 0 unspecified atom stereocenters. The number of nitrogens with one attached hydrogen (secondary N) is 1. The maximum absolute atomic E-state index is 9.77. The first-order valence-electron chi connectivity index (χ1n) is 5.71. The van der Waals surface area contributed by atoms with Crippen molar-refractivity contribution in [3.05, 3.63) is 0 Å². The fourth-order valence-corrected chi connectivity index (χ4v) is 1.41. The molecular formula is C10H19NO9. The number of rotatable bonds is 4. The van der Waals surface area contributed by atoms with Gasteiger partial charge in [-0.1, -0.05) is 0 Å². The number of carboxylic acids is 2. The summed E-state index contributed by atoms with van der Waals surface area (Å²) in [5.41, 5.74) is 0. The van der Waals surface area contributed by atoms with Crippen LogP contribution in [0.1, 0.15) is 0 Å². The van der Waals surface area contributed by atoms with Gasteiger partial charge in [0.05, 0.1) is 12.2 Å². The molecule has 5 atom stereocenters. The van der Waals surface area contributed by atoms with E-state index in [1.807, 2.05) is 0 Å². The van der Waals surface area contributed by atoms with Gasteiger partial charge in [0.1, 0.15) is 0 Å². The summed E-state index contributed by atoms with van der Waals surface area (Å²) in [5, 5.41) is 62.3. The van der Waals surface area contributed by atoms with E-state index in [1.165, 1.54) is 0 Å². The summed E-state index contributed by atoms with van der Waals surface area (Å²) in [6.07, 6.45) is -6.04. The predicted molar refractivity (Wildman–Crippen MR) is 62.7 cm³/mol. The van der Waals surface area contributed by atoms with Gasteiger partial charge in [0.2, 0.25) is 0 Å². The fraction of sp³-hybridized carbons (Fsp3) is 0.800. The smallest absolute Gasteiger partial charge is 0.335 e. The van der Waals surface area contributed by atoms with Crippen LogP contribution in [0.5, 0.6) is 0 Å². The van der Waals surface area contributed by atoms with Gasteiger partial charge in [-0.2, -0.15) is 0 Å². The van der Waals surface area contributed by atoms with Gasteiger partial charge in [-0.3, -0.25) is 0 Å². The van der Waals surface area contributed by atoms with Crippen LogP contribution in [0.2, 0.25) is 0 Å². The lowest BCUT2D eigenvalue weighted by molar-refractivity contribution is -0.165. The van der Waals surface area contributed by atoms with E-state index in [-0.39, 0.29) is 12.5 Å². The van der Waals surface area contributed by atoms with Gasteiger partial charge in [-0.25, -0.2) is 9.59 Å². The van der Waals surface area contributed by atoms with E-state index in [9.17, 15) is 14.7 Å². The second-order valence-electron chi connectivity index (χ2n) is 4.22. The summed E-state index contributed by atoms with van der Waals surface area (Å²) >= 11 is 0. The minimum Gasteiger partial charge on any atom is -0.479 e. The average Bonchev–Trinajstić information content (AvgIpc) is 2.40. The number of hydrogen-bond donors (Lipinski definition) is 8. The molecule has 20 heavy (non-hydrogen) atoms. The summed E-state index contributed by atoms with van der Waals surface area (Å²) in [6.45, 7) is 0.914. The van der Waals surface area contributed by atoms with Crippen molar-refractivity contribution in [3.8, 4) is 0 Å². The zero-order chi connectivity index (χ0) is 15.9. The van der Waals surface area contributed by atoms with Crippen molar-refractivity contribution in [2.75, 3.05) is 19.7 Å². The molecule has 0 spiro atoms. The molecule has 1 aliphatic heterocycles. The number of hydrogen-bond acceptors (Lipinski definition) is 8. The highest BCUT2D eigenvalue weighted by atomic mass is 16.4. The lowest BCUT2D eigenvalue weighted by Gasteiger charge is -2.30. The SMILES string of the molecule is O=C(O)[C@H](O)[C@@H](O)C(=O)O.OC[C@@H]1CNC[C@H](O)[C@H]1O. The van der Waals surface area contributed by atoms with Crippen molar-refractivity contribution < 1.29 is 45.3 Å². The summed E-state index contributed by atoms with van der Waals surface area (Å²) < 4.78 is 0. The maximum atomic E-state index is 9.77. The lowest BCUT2D eigenvalue weighted by Crippen LogP contribution is -2.51. The summed E-state index contributed by atoms with van der Waals surface area (Å²) in [4.78, 5) is 19.5. The van der Waals surface area contributed by atoms with E-state index in [0.717, 1.165) is 0 Å². The standard InChI is InChI=1S/C6H13NO3.C4H6O6/c8-3-4-1-7-2-5(9)6(4)10;5-1(3(7)8)2(6)4(9)10/h4-10H,1-3H2;1-2,5-6H,(H,7,8)(H,9,10)/t4-,5-,6-;1-,2-/m01/s1. The number of piperidine rings is 1. The number of aliphatic hydroxyl groups excluding tert-OH is 5. The van der Waals surface area contributed by atoms with Gasteiger partial charge in [0.15, 0.2) is 12.2 Å². The van der Waals surface area contributed by atoms with Crippen LogP contribution in [0.3, 0.4) is 0 Å². The molecule has 1 rings (SSSR count). The zero-order valence-electron chi connectivity index (χ0n) is 10.5. The third kappa shape index (κ3) is 5.77. The molecule has 1 heterocycles. The fourth-order valence-electron chi connectivity index (χ4n) is 1.41. The number of carboxylic acid groups (broad SMARTS) is 2. The maximum Gasteiger partial charge on any atom is 0.335 e. The van der Waals surface area contributed by atoms with E-state index in [0.29, 0.717) is 13.1 Å². The highest BCUT2D eigenvalue weighted by Crippen LogP contribution is 2.10. The monoisotopic (exact) mass is 297 g/mol. The molecule has 1 saturated heterocycles. The molecule has 0 bridgehead atoms.